The number of carbonyl (C=O) groups is 2. The zero-order chi connectivity index (χ0) is 26.5. The van der Waals surface area contributed by atoms with Gasteiger partial charge in [0.05, 0.1) is 18.7 Å². The van der Waals surface area contributed by atoms with Gasteiger partial charge in [0.15, 0.2) is 6.61 Å². The van der Waals surface area contributed by atoms with Crippen LogP contribution in [0.25, 0.3) is 0 Å². The van der Waals surface area contributed by atoms with Crippen molar-refractivity contribution in [3.05, 3.63) is 95.6 Å². The molecule has 8 heteroatoms. The topological polar surface area (TPSA) is 102 Å². The predicted molar refractivity (Wildman–Crippen MR) is 144 cm³/mol. The van der Waals surface area contributed by atoms with Crippen molar-refractivity contribution in [3.63, 3.8) is 0 Å². The standard InChI is InChI=1S/C30H33N3O5/c34-19-21-9-11-25(12-10-21)31-28(35)20-38-26-8-4-7-24(17-26)29(23-5-2-1-3-6-23)33(30(36)37)27-18-32-15-13-22(27)14-16-32/h1-12,17,22,27,29,34H,13-16,18-20H2,(H,31,35)(H,36,37)/t27-,29-/m0/s1. The van der Waals surface area contributed by atoms with Crippen molar-refractivity contribution < 1.29 is 24.5 Å². The average Bonchev–Trinajstić information content (AvgIpc) is 2.96. The van der Waals surface area contributed by atoms with Gasteiger partial charge in [-0.2, -0.15) is 0 Å². The Bertz CT molecular complexity index is 1240. The fourth-order valence-corrected chi connectivity index (χ4v) is 5.66. The summed E-state index contributed by atoms with van der Waals surface area (Å²) in [7, 11) is 0. The first kappa shape index (κ1) is 25.8. The molecular formula is C30H33N3O5. The second-order valence-corrected chi connectivity index (χ2v) is 9.97. The van der Waals surface area contributed by atoms with Crippen LogP contribution in [0.4, 0.5) is 10.5 Å². The molecule has 0 spiro atoms. The van der Waals surface area contributed by atoms with Gasteiger partial charge in [-0.3, -0.25) is 9.69 Å². The number of carbonyl (C=O) groups excluding carboxylic acids is 1. The number of carboxylic acid groups (broad SMARTS) is 1. The van der Waals surface area contributed by atoms with E-state index >= 15 is 0 Å². The smallest absolute Gasteiger partial charge is 0.408 e. The number of hydrogen-bond donors (Lipinski definition) is 3. The first-order chi connectivity index (χ1) is 18.5. The Morgan fingerprint density at radius 3 is 2.32 bits per heavy atom. The molecule has 0 radical (unpaired) electrons. The molecule has 0 saturated carbocycles. The summed E-state index contributed by atoms with van der Waals surface area (Å²) in [5.41, 5.74) is 3.07. The van der Waals surface area contributed by atoms with Crippen LogP contribution in [0.5, 0.6) is 5.75 Å². The summed E-state index contributed by atoms with van der Waals surface area (Å²) in [6.07, 6.45) is 1.09. The summed E-state index contributed by atoms with van der Waals surface area (Å²) in [6, 6.07) is 23.4. The maximum absolute atomic E-state index is 12.8. The molecule has 198 valence electrons. The van der Waals surface area contributed by atoms with Crippen LogP contribution in [0, 0.1) is 5.92 Å². The normalized spacial score (nSPS) is 20.9. The predicted octanol–water partition coefficient (Wildman–Crippen LogP) is 4.36. The Kier molecular flexibility index (Phi) is 7.91. The van der Waals surface area contributed by atoms with E-state index < -0.39 is 12.1 Å². The maximum Gasteiger partial charge on any atom is 0.408 e. The van der Waals surface area contributed by atoms with Gasteiger partial charge in [0.2, 0.25) is 0 Å². The summed E-state index contributed by atoms with van der Waals surface area (Å²) in [5.74, 6) is 0.525. The average molecular weight is 516 g/mol. The molecule has 3 saturated heterocycles. The highest BCUT2D eigenvalue weighted by Crippen LogP contribution is 2.39. The summed E-state index contributed by atoms with van der Waals surface area (Å²) in [4.78, 5) is 29.3. The van der Waals surface area contributed by atoms with E-state index in [1.807, 2.05) is 48.5 Å². The first-order valence-electron chi connectivity index (χ1n) is 13.0. The Morgan fingerprint density at radius 2 is 1.68 bits per heavy atom. The van der Waals surface area contributed by atoms with Crippen molar-refractivity contribution in [1.82, 2.24) is 9.80 Å². The quantitative estimate of drug-likeness (QED) is 0.391. The molecule has 0 aromatic heterocycles. The Labute approximate surface area is 222 Å². The van der Waals surface area contributed by atoms with Crippen molar-refractivity contribution in [2.24, 2.45) is 5.92 Å². The number of aliphatic hydroxyl groups is 1. The summed E-state index contributed by atoms with van der Waals surface area (Å²) in [6.45, 7) is 2.55. The Balaban J connectivity index is 1.36. The lowest BCUT2D eigenvalue weighted by Gasteiger charge is -2.50. The molecule has 2 atom stereocenters. The maximum atomic E-state index is 12.8. The van der Waals surface area contributed by atoms with Gasteiger partial charge in [-0.25, -0.2) is 4.79 Å². The number of anilines is 1. The van der Waals surface area contributed by atoms with Crippen LogP contribution < -0.4 is 10.1 Å². The second-order valence-electron chi connectivity index (χ2n) is 9.97. The molecular weight excluding hydrogens is 482 g/mol. The molecule has 8 nitrogen and oxygen atoms in total. The van der Waals surface area contributed by atoms with Crippen LogP contribution in [0.2, 0.25) is 0 Å². The van der Waals surface area contributed by atoms with Crippen molar-refractivity contribution in [3.8, 4) is 5.75 Å². The highest BCUT2D eigenvalue weighted by molar-refractivity contribution is 5.91. The number of nitrogens with zero attached hydrogens (tertiary/aromatic N) is 2. The van der Waals surface area contributed by atoms with Gasteiger partial charge in [-0.15, -0.1) is 0 Å². The summed E-state index contributed by atoms with van der Waals surface area (Å²) in [5, 5.41) is 22.4. The van der Waals surface area contributed by atoms with Crippen molar-refractivity contribution in [1.29, 1.82) is 0 Å². The molecule has 2 amide bonds. The molecule has 38 heavy (non-hydrogen) atoms. The number of hydrogen-bond acceptors (Lipinski definition) is 5. The number of rotatable bonds is 9. The minimum absolute atomic E-state index is 0.0589. The number of benzene rings is 3. The largest absolute Gasteiger partial charge is 0.484 e. The van der Waals surface area contributed by atoms with Crippen molar-refractivity contribution in [2.75, 3.05) is 31.6 Å². The molecule has 2 bridgehead atoms. The minimum Gasteiger partial charge on any atom is -0.484 e. The van der Waals surface area contributed by atoms with Gasteiger partial charge in [0.1, 0.15) is 5.75 Å². The Hall–Kier alpha value is -3.88. The molecule has 0 unspecified atom stereocenters. The third-order valence-electron chi connectivity index (χ3n) is 7.56. The molecule has 3 heterocycles. The third-order valence-corrected chi connectivity index (χ3v) is 7.56. The first-order valence-corrected chi connectivity index (χ1v) is 13.0. The number of aliphatic hydroxyl groups excluding tert-OH is 1. The number of piperidine rings is 3. The minimum atomic E-state index is -0.935. The number of amides is 2. The van der Waals surface area contributed by atoms with E-state index in [4.69, 9.17) is 4.74 Å². The molecule has 3 fully saturated rings. The van der Waals surface area contributed by atoms with Gasteiger partial charge >= 0.3 is 6.09 Å². The van der Waals surface area contributed by atoms with Crippen LogP contribution in [-0.4, -0.2) is 64.3 Å². The van der Waals surface area contributed by atoms with E-state index in [2.05, 4.69) is 10.2 Å². The molecule has 0 aliphatic carbocycles. The lowest BCUT2D eigenvalue weighted by molar-refractivity contribution is -0.118. The van der Waals surface area contributed by atoms with Gasteiger partial charge in [-0.05, 0) is 72.8 Å². The van der Waals surface area contributed by atoms with Crippen molar-refractivity contribution in [2.45, 2.75) is 31.5 Å². The van der Waals surface area contributed by atoms with Crippen LogP contribution in [0.15, 0.2) is 78.9 Å². The van der Waals surface area contributed by atoms with Gasteiger partial charge < -0.3 is 25.2 Å². The van der Waals surface area contributed by atoms with E-state index in [0.717, 1.165) is 49.2 Å². The molecule has 3 N–H and O–H groups in total. The lowest BCUT2D eigenvalue weighted by Crippen LogP contribution is -2.59. The summed E-state index contributed by atoms with van der Waals surface area (Å²) < 4.78 is 5.82. The van der Waals surface area contributed by atoms with Gasteiger partial charge in [0.25, 0.3) is 5.91 Å². The molecule has 3 aliphatic heterocycles. The molecule has 6 rings (SSSR count). The van der Waals surface area contributed by atoms with E-state index in [9.17, 15) is 19.8 Å². The third kappa shape index (κ3) is 5.82. The van der Waals surface area contributed by atoms with Gasteiger partial charge in [0, 0.05) is 12.2 Å². The second kappa shape index (κ2) is 11.7. The van der Waals surface area contributed by atoms with E-state index in [1.165, 1.54) is 0 Å². The van der Waals surface area contributed by atoms with E-state index in [1.54, 1.807) is 35.2 Å². The van der Waals surface area contributed by atoms with Crippen LogP contribution >= 0.6 is 0 Å². The highest BCUT2D eigenvalue weighted by Gasteiger charge is 2.43. The summed E-state index contributed by atoms with van der Waals surface area (Å²) >= 11 is 0. The lowest BCUT2D eigenvalue weighted by atomic mass is 9.81. The van der Waals surface area contributed by atoms with E-state index in [0.29, 0.717) is 17.4 Å². The zero-order valence-corrected chi connectivity index (χ0v) is 21.2. The number of fused-ring (bicyclic) bond motifs is 3. The molecule has 3 aliphatic rings. The highest BCUT2D eigenvalue weighted by atomic mass is 16.5. The van der Waals surface area contributed by atoms with Crippen LogP contribution in [0.1, 0.15) is 35.6 Å². The van der Waals surface area contributed by atoms with Crippen molar-refractivity contribution >= 4 is 17.7 Å². The molecule has 3 aromatic rings. The zero-order valence-electron chi connectivity index (χ0n) is 21.2. The van der Waals surface area contributed by atoms with E-state index in [-0.39, 0.29) is 25.2 Å². The number of ether oxygens (including phenoxy) is 1. The SMILES string of the molecule is O=C(COc1cccc([C@H](c2ccccc2)N(C(=O)O)[C@H]2CN3CCC2CC3)c1)Nc1ccc(CO)cc1. The van der Waals surface area contributed by atoms with Gasteiger partial charge in [-0.1, -0.05) is 54.6 Å². The Morgan fingerprint density at radius 1 is 0.974 bits per heavy atom. The number of nitrogens with one attached hydrogen (secondary N) is 1. The monoisotopic (exact) mass is 515 g/mol. The van der Waals surface area contributed by atoms with Crippen LogP contribution in [0.3, 0.4) is 0 Å². The fourth-order valence-electron chi connectivity index (χ4n) is 5.66. The fraction of sp³-hybridized carbons (Fsp3) is 0.333. The molecule has 3 aromatic carbocycles. The van der Waals surface area contributed by atoms with Crippen LogP contribution in [-0.2, 0) is 11.4 Å².